The second-order valence-electron chi connectivity index (χ2n) is 3.98. The lowest BCUT2D eigenvalue weighted by molar-refractivity contribution is 0.532. The molecule has 0 bridgehead atoms. The molecular weight excluding hydrogens is 270 g/mol. The Hall–Kier alpha value is -1.17. The van der Waals surface area contributed by atoms with Crippen LogP contribution in [0.25, 0.3) is 0 Å². The number of nitrogens with one attached hydrogen (secondary N) is 1. The molecule has 1 N–H and O–H groups in total. The minimum absolute atomic E-state index is 0.0593. The van der Waals surface area contributed by atoms with E-state index in [-0.39, 0.29) is 5.56 Å². The highest BCUT2D eigenvalue weighted by atomic mass is 35.5. The maximum atomic E-state index is 11.6. The van der Waals surface area contributed by atoms with E-state index < -0.39 is 0 Å². The summed E-state index contributed by atoms with van der Waals surface area (Å²) in [6, 6.07) is 5.47. The third-order valence-corrected chi connectivity index (χ3v) is 3.67. The zero-order valence-corrected chi connectivity index (χ0v) is 11.6. The molecule has 0 atom stereocenters. The van der Waals surface area contributed by atoms with Crippen LogP contribution in [-0.4, -0.2) is 16.3 Å². The van der Waals surface area contributed by atoms with Crippen LogP contribution in [0, 0.1) is 6.92 Å². The molecule has 0 amide bonds. The van der Waals surface area contributed by atoms with Crippen LogP contribution in [0.5, 0.6) is 0 Å². The third kappa shape index (κ3) is 3.66. The molecule has 0 aliphatic carbocycles. The van der Waals surface area contributed by atoms with Crippen LogP contribution in [0.1, 0.15) is 10.4 Å². The highest BCUT2D eigenvalue weighted by molar-refractivity contribution is 7.16. The molecule has 0 unspecified atom stereocenters. The Labute approximate surface area is 114 Å². The van der Waals surface area contributed by atoms with Gasteiger partial charge in [-0.05, 0) is 24.6 Å². The van der Waals surface area contributed by atoms with Gasteiger partial charge in [0.2, 0.25) is 0 Å². The number of nitrogens with zero attached hydrogens (tertiary/aromatic N) is 2. The molecule has 4 nitrogen and oxygen atoms in total. The van der Waals surface area contributed by atoms with E-state index in [9.17, 15) is 4.79 Å². The van der Waals surface area contributed by atoms with Crippen molar-refractivity contribution >= 4 is 22.9 Å². The summed E-state index contributed by atoms with van der Waals surface area (Å²) in [5.41, 5.74) is 0.827. The number of hydrogen-bond acceptors (Lipinski definition) is 4. The van der Waals surface area contributed by atoms with Crippen molar-refractivity contribution in [3.05, 3.63) is 49.5 Å². The predicted octanol–water partition coefficient (Wildman–Crippen LogP) is 2.06. The summed E-state index contributed by atoms with van der Waals surface area (Å²) in [6.07, 6.45) is 1.69. The normalized spacial score (nSPS) is 10.8. The Bertz CT molecular complexity index is 579. The summed E-state index contributed by atoms with van der Waals surface area (Å²) in [7, 11) is 0. The molecule has 18 heavy (non-hydrogen) atoms. The summed E-state index contributed by atoms with van der Waals surface area (Å²) < 4.78 is 2.25. The Morgan fingerprint density at radius 3 is 3.00 bits per heavy atom. The van der Waals surface area contributed by atoms with Gasteiger partial charge in [0.1, 0.15) is 0 Å². The van der Waals surface area contributed by atoms with Crippen molar-refractivity contribution in [1.82, 2.24) is 15.1 Å². The van der Waals surface area contributed by atoms with E-state index in [1.807, 2.05) is 19.1 Å². The van der Waals surface area contributed by atoms with E-state index in [0.717, 1.165) is 16.4 Å². The molecule has 0 aromatic carbocycles. The van der Waals surface area contributed by atoms with Crippen LogP contribution in [-0.2, 0) is 13.1 Å². The highest BCUT2D eigenvalue weighted by Crippen LogP contribution is 2.20. The molecule has 0 saturated carbocycles. The summed E-state index contributed by atoms with van der Waals surface area (Å²) in [5, 5.41) is 7.33. The van der Waals surface area contributed by atoms with Crippen molar-refractivity contribution in [2.75, 3.05) is 6.54 Å². The molecule has 0 radical (unpaired) electrons. The van der Waals surface area contributed by atoms with Crippen LogP contribution < -0.4 is 10.9 Å². The Balaban J connectivity index is 1.80. The lowest BCUT2D eigenvalue weighted by Gasteiger charge is -2.05. The second kappa shape index (κ2) is 6.13. The summed E-state index contributed by atoms with van der Waals surface area (Å²) in [4.78, 5) is 12.7. The smallest absolute Gasteiger partial charge is 0.267 e. The molecule has 96 valence electrons. The van der Waals surface area contributed by atoms with Gasteiger partial charge in [0.05, 0.1) is 17.1 Å². The van der Waals surface area contributed by atoms with Gasteiger partial charge in [-0.2, -0.15) is 5.10 Å². The molecule has 2 aromatic rings. The fraction of sp³-hybridized carbons (Fsp3) is 0.333. The first-order chi connectivity index (χ1) is 8.65. The Kier molecular flexibility index (Phi) is 4.52. The lowest BCUT2D eigenvalue weighted by Crippen LogP contribution is -2.28. The van der Waals surface area contributed by atoms with Gasteiger partial charge in [-0.25, -0.2) is 4.68 Å². The van der Waals surface area contributed by atoms with Gasteiger partial charge in [-0.3, -0.25) is 4.79 Å². The SMILES string of the molecule is Cc1cnn(CCNCc2ccc(Cl)s2)c(=O)c1. The van der Waals surface area contributed by atoms with Crippen LogP contribution in [0.4, 0.5) is 0 Å². The Morgan fingerprint density at radius 1 is 1.50 bits per heavy atom. The van der Waals surface area contributed by atoms with E-state index in [0.29, 0.717) is 13.1 Å². The van der Waals surface area contributed by atoms with Crippen molar-refractivity contribution in [2.45, 2.75) is 20.0 Å². The van der Waals surface area contributed by atoms with Crippen molar-refractivity contribution in [3.8, 4) is 0 Å². The van der Waals surface area contributed by atoms with Crippen LogP contribution in [0.15, 0.2) is 29.2 Å². The average molecular weight is 284 g/mol. The largest absolute Gasteiger partial charge is 0.310 e. The van der Waals surface area contributed by atoms with Gasteiger partial charge in [-0.15, -0.1) is 11.3 Å². The molecule has 6 heteroatoms. The van der Waals surface area contributed by atoms with E-state index >= 15 is 0 Å². The summed E-state index contributed by atoms with van der Waals surface area (Å²) >= 11 is 7.40. The molecule has 0 fully saturated rings. The van der Waals surface area contributed by atoms with E-state index in [2.05, 4.69) is 10.4 Å². The fourth-order valence-corrected chi connectivity index (χ4v) is 2.59. The Morgan fingerprint density at radius 2 is 2.33 bits per heavy atom. The average Bonchev–Trinajstić information content (AvgIpc) is 2.73. The molecule has 0 aliphatic rings. The van der Waals surface area contributed by atoms with Gasteiger partial charge in [0.25, 0.3) is 5.56 Å². The number of aromatic nitrogens is 2. The molecular formula is C12H14ClN3OS. The quantitative estimate of drug-likeness (QED) is 0.855. The van der Waals surface area contributed by atoms with Gasteiger partial charge < -0.3 is 5.32 Å². The van der Waals surface area contributed by atoms with Gasteiger partial charge in [0.15, 0.2) is 0 Å². The van der Waals surface area contributed by atoms with Crippen molar-refractivity contribution in [3.63, 3.8) is 0 Å². The standard InChI is InChI=1S/C12H14ClN3OS/c1-9-6-12(17)16(15-7-9)5-4-14-8-10-2-3-11(13)18-10/h2-3,6-7,14H,4-5,8H2,1H3. The highest BCUT2D eigenvalue weighted by Gasteiger charge is 1.99. The number of hydrogen-bond donors (Lipinski definition) is 1. The minimum atomic E-state index is -0.0593. The fourth-order valence-electron chi connectivity index (χ4n) is 1.54. The first-order valence-corrected chi connectivity index (χ1v) is 6.83. The van der Waals surface area contributed by atoms with Crippen molar-refractivity contribution in [1.29, 1.82) is 0 Å². The number of thiophene rings is 1. The van der Waals surface area contributed by atoms with Gasteiger partial charge in [-0.1, -0.05) is 11.6 Å². The molecule has 0 aliphatic heterocycles. The van der Waals surface area contributed by atoms with Gasteiger partial charge >= 0.3 is 0 Å². The minimum Gasteiger partial charge on any atom is -0.310 e. The zero-order valence-electron chi connectivity index (χ0n) is 10.0. The second-order valence-corrected chi connectivity index (χ2v) is 5.78. The topological polar surface area (TPSA) is 46.9 Å². The lowest BCUT2D eigenvalue weighted by atomic mass is 10.3. The van der Waals surface area contributed by atoms with Gasteiger partial charge in [0, 0.05) is 24.0 Å². The van der Waals surface area contributed by atoms with Crippen molar-refractivity contribution in [2.24, 2.45) is 0 Å². The zero-order chi connectivity index (χ0) is 13.0. The summed E-state index contributed by atoms with van der Waals surface area (Å²) in [6.45, 7) is 3.89. The van der Waals surface area contributed by atoms with E-state index in [1.54, 1.807) is 23.6 Å². The molecule has 0 saturated heterocycles. The third-order valence-electron chi connectivity index (χ3n) is 2.43. The van der Waals surface area contributed by atoms with E-state index in [4.69, 9.17) is 11.6 Å². The van der Waals surface area contributed by atoms with E-state index in [1.165, 1.54) is 9.56 Å². The number of aryl methyl sites for hydroxylation is 1. The van der Waals surface area contributed by atoms with Crippen LogP contribution >= 0.6 is 22.9 Å². The first kappa shape index (κ1) is 13.3. The molecule has 2 heterocycles. The monoisotopic (exact) mass is 283 g/mol. The van der Waals surface area contributed by atoms with Crippen molar-refractivity contribution < 1.29 is 0 Å². The molecule has 0 spiro atoms. The predicted molar refractivity (Wildman–Crippen MR) is 74.3 cm³/mol. The maximum absolute atomic E-state index is 11.6. The summed E-state index contributed by atoms with van der Waals surface area (Å²) in [5.74, 6) is 0. The molecule has 2 aromatic heterocycles. The maximum Gasteiger partial charge on any atom is 0.267 e. The molecule has 2 rings (SSSR count). The number of halogens is 1. The first-order valence-electron chi connectivity index (χ1n) is 5.64. The van der Waals surface area contributed by atoms with Crippen LogP contribution in [0.3, 0.4) is 0 Å². The number of rotatable bonds is 5. The van der Waals surface area contributed by atoms with Crippen LogP contribution in [0.2, 0.25) is 4.34 Å².